The molecule has 1 amide bonds. The smallest absolute Gasteiger partial charge is 0.232 e. The van der Waals surface area contributed by atoms with Crippen LogP contribution in [-0.4, -0.2) is 41.9 Å². The van der Waals surface area contributed by atoms with E-state index in [0.29, 0.717) is 18.2 Å². The molecule has 1 aliphatic rings. The fourth-order valence-electron chi connectivity index (χ4n) is 1.19. The molecule has 1 aliphatic heterocycles. The molecule has 0 aliphatic carbocycles. The summed E-state index contributed by atoms with van der Waals surface area (Å²) in [6.45, 7) is 4.47. The molecule has 0 aromatic rings. The van der Waals surface area contributed by atoms with Crippen molar-refractivity contribution < 1.29 is 4.79 Å². The molecule has 12 heavy (non-hydrogen) atoms. The molecule has 0 aromatic heterocycles. The van der Waals surface area contributed by atoms with Gasteiger partial charge in [-0.25, -0.2) is 0 Å². The number of hydrogen-bond acceptors (Lipinski definition) is 3. The van der Waals surface area contributed by atoms with Gasteiger partial charge in [-0.1, -0.05) is 6.92 Å². The van der Waals surface area contributed by atoms with Crippen LogP contribution in [-0.2, 0) is 4.79 Å². The van der Waals surface area contributed by atoms with Crippen molar-refractivity contribution in [2.24, 2.45) is 11.7 Å². The molecule has 0 bridgehead atoms. The van der Waals surface area contributed by atoms with E-state index < -0.39 is 0 Å². The number of hydrogen-bond donors (Lipinski definition) is 1. The largest absolute Gasteiger partial charge is 0.341 e. The van der Waals surface area contributed by atoms with Crippen LogP contribution in [0.15, 0.2) is 0 Å². The lowest BCUT2D eigenvalue weighted by molar-refractivity contribution is -0.129. The Labute approximate surface area is 77.7 Å². The van der Waals surface area contributed by atoms with Gasteiger partial charge in [-0.15, -0.1) is 0 Å². The minimum atomic E-state index is 0.270. The maximum Gasteiger partial charge on any atom is 0.232 e. The van der Waals surface area contributed by atoms with Crippen molar-refractivity contribution in [3.8, 4) is 0 Å². The van der Waals surface area contributed by atoms with Crippen molar-refractivity contribution in [1.82, 2.24) is 4.90 Å². The molecule has 3 nitrogen and oxygen atoms in total. The summed E-state index contributed by atoms with van der Waals surface area (Å²) in [6.07, 6.45) is 0. The lowest BCUT2D eigenvalue weighted by atomic mass is 10.1. The molecule has 1 unspecified atom stereocenters. The van der Waals surface area contributed by atoms with Gasteiger partial charge in [0.25, 0.3) is 0 Å². The Morgan fingerprint density at radius 3 is 3.08 bits per heavy atom. The lowest BCUT2D eigenvalue weighted by Gasteiger charge is -2.28. The van der Waals surface area contributed by atoms with Gasteiger partial charge in [-0.05, 0) is 12.5 Å². The first kappa shape index (κ1) is 9.86. The van der Waals surface area contributed by atoms with Crippen LogP contribution in [0.2, 0.25) is 0 Å². The average Bonchev–Trinajstić information content (AvgIpc) is 2.09. The van der Waals surface area contributed by atoms with Gasteiger partial charge in [-0.2, -0.15) is 11.8 Å². The Morgan fingerprint density at radius 1 is 1.75 bits per heavy atom. The molecular formula is C8H16N2OS. The van der Waals surface area contributed by atoms with Crippen molar-refractivity contribution in [3.63, 3.8) is 0 Å². The summed E-state index contributed by atoms with van der Waals surface area (Å²) in [5.74, 6) is 2.42. The van der Waals surface area contributed by atoms with Crippen LogP contribution in [0.4, 0.5) is 0 Å². The molecule has 1 atom stereocenters. The van der Waals surface area contributed by atoms with Gasteiger partial charge in [0.1, 0.15) is 0 Å². The van der Waals surface area contributed by atoms with E-state index in [9.17, 15) is 4.79 Å². The first-order valence-corrected chi connectivity index (χ1v) is 5.45. The molecule has 1 heterocycles. The van der Waals surface area contributed by atoms with Crippen molar-refractivity contribution in [2.45, 2.75) is 6.92 Å². The fraction of sp³-hybridized carbons (Fsp3) is 0.875. The fourth-order valence-corrected chi connectivity index (χ4v) is 2.05. The number of nitrogens with zero attached hydrogens (tertiary/aromatic N) is 1. The van der Waals surface area contributed by atoms with E-state index in [0.717, 1.165) is 18.8 Å². The van der Waals surface area contributed by atoms with Crippen LogP contribution in [0.3, 0.4) is 0 Å². The second-order valence-electron chi connectivity index (χ2n) is 3.23. The Kier molecular flexibility index (Phi) is 3.88. The van der Waals surface area contributed by atoms with E-state index in [1.807, 2.05) is 4.90 Å². The normalized spacial score (nSPS) is 21.2. The Hall–Kier alpha value is -0.220. The Bertz CT molecular complexity index is 163. The summed E-state index contributed by atoms with van der Waals surface area (Å²) in [4.78, 5) is 13.2. The average molecular weight is 188 g/mol. The van der Waals surface area contributed by atoms with E-state index in [1.54, 1.807) is 11.8 Å². The first-order valence-electron chi connectivity index (χ1n) is 4.29. The zero-order valence-electron chi connectivity index (χ0n) is 7.45. The van der Waals surface area contributed by atoms with Crippen molar-refractivity contribution in [3.05, 3.63) is 0 Å². The summed E-state index contributed by atoms with van der Waals surface area (Å²) in [5, 5.41) is 0. The second kappa shape index (κ2) is 4.72. The van der Waals surface area contributed by atoms with E-state index in [2.05, 4.69) is 6.92 Å². The van der Waals surface area contributed by atoms with Crippen LogP contribution in [0.25, 0.3) is 0 Å². The van der Waals surface area contributed by atoms with Crippen molar-refractivity contribution in [2.75, 3.05) is 31.1 Å². The maximum absolute atomic E-state index is 11.3. The molecule has 0 aromatic carbocycles. The topological polar surface area (TPSA) is 46.3 Å². The number of rotatable bonds is 3. The van der Waals surface area contributed by atoms with Crippen LogP contribution in [0, 0.1) is 5.92 Å². The Balaban J connectivity index is 2.34. The van der Waals surface area contributed by atoms with Gasteiger partial charge in [-0.3, -0.25) is 4.79 Å². The quantitative estimate of drug-likeness (QED) is 0.686. The molecule has 0 radical (unpaired) electrons. The van der Waals surface area contributed by atoms with Gasteiger partial charge >= 0.3 is 0 Å². The standard InChI is InChI=1S/C8H16N2OS/c1-7(4-9)5-10-2-3-12-6-8(10)11/h7H,2-6,9H2,1H3. The highest BCUT2D eigenvalue weighted by Gasteiger charge is 2.19. The molecule has 70 valence electrons. The summed E-state index contributed by atoms with van der Waals surface area (Å²) in [6, 6.07) is 0. The third kappa shape index (κ3) is 2.68. The highest BCUT2D eigenvalue weighted by Crippen LogP contribution is 2.11. The minimum absolute atomic E-state index is 0.270. The molecule has 0 spiro atoms. The number of carbonyl (C=O) groups excluding carboxylic acids is 1. The monoisotopic (exact) mass is 188 g/mol. The SMILES string of the molecule is CC(CN)CN1CCSCC1=O. The van der Waals surface area contributed by atoms with Crippen molar-refractivity contribution >= 4 is 17.7 Å². The molecule has 4 heteroatoms. The number of carbonyl (C=O) groups is 1. The second-order valence-corrected chi connectivity index (χ2v) is 4.34. The highest BCUT2D eigenvalue weighted by atomic mass is 32.2. The minimum Gasteiger partial charge on any atom is -0.341 e. The zero-order valence-corrected chi connectivity index (χ0v) is 8.27. The van der Waals surface area contributed by atoms with Gasteiger partial charge in [0.15, 0.2) is 0 Å². The van der Waals surface area contributed by atoms with Gasteiger partial charge < -0.3 is 10.6 Å². The van der Waals surface area contributed by atoms with Gasteiger partial charge in [0, 0.05) is 18.8 Å². The van der Waals surface area contributed by atoms with Crippen LogP contribution >= 0.6 is 11.8 Å². The predicted octanol–water partition coefficient (Wildman–Crippen LogP) is 0.157. The maximum atomic E-state index is 11.3. The summed E-state index contributed by atoms with van der Waals surface area (Å²) < 4.78 is 0. The lowest BCUT2D eigenvalue weighted by Crippen LogP contribution is -2.41. The van der Waals surface area contributed by atoms with E-state index in [1.165, 1.54) is 0 Å². The van der Waals surface area contributed by atoms with Crippen LogP contribution in [0.1, 0.15) is 6.92 Å². The van der Waals surface area contributed by atoms with Crippen LogP contribution < -0.4 is 5.73 Å². The number of amides is 1. The summed E-state index contributed by atoms with van der Waals surface area (Å²) >= 11 is 1.72. The third-order valence-corrected chi connectivity index (χ3v) is 2.94. The first-order chi connectivity index (χ1) is 5.74. The van der Waals surface area contributed by atoms with E-state index >= 15 is 0 Å². The van der Waals surface area contributed by atoms with Crippen molar-refractivity contribution in [1.29, 1.82) is 0 Å². The third-order valence-electron chi connectivity index (χ3n) is 2.02. The molecule has 0 saturated carbocycles. The molecule has 2 N–H and O–H groups in total. The van der Waals surface area contributed by atoms with E-state index in [4.69, 9.17) is 5.73 Å². The number of nitrogens with two attached hydrogens (primary N) is 1. The van der Waals surface area contributed by atoms with Gasteiger partial charge in [0.05, 0.1) is 5.75 Å². The summed E-state index contributed by atoms with van der Waals surface area (Å²) in [7, 11) is 0. The Morgan fingerprint density at radius 2 is 2.50 bits per heavy atom. The van der Waals surface area contributed by atoms with Gasteiger partial charge in [0.2, 0.25) is 5.91 Å². The predicted molar refractivity (Wildman–Crippen MR) is 52.1 cm³/mol. The molecule has 1 fully saturated rings. The highest BCUT2D eigenvalue weighted by molar-refractivity contribution is 8.00. The molecular weight excluding hydrogens is 172 g/mol. The number of thioether (sulfide) groups is 1. The van der Waals surface area contributed by atoms with Crippen LogP contribution in [0.5, 0.6) is 0 Å². The zero-order chi connectivity index (χ0) is 8.97. The van der Waals surface area contributed by atoms with E-state index in [-0.39, 0.29) is 5.91 Å². The summed E-state index contributed by atoms with van der Waals surface area (Å²) in [5.41, 5.74) is 5.49. The molecule has 1 rings (SSSR count). The molecule has 1 saturated heterocycles.